The summed E-state index contributed by atoms with van der Waals surface area (Å²) in [7, 11) is 0. The minimum atomic E-state index is -0.00783. The highest BCUT2D eigenvalue weighted by atomic mass is 16.2. The molecule has 0 saturated heterocycles. The molecule has 1 fully saturated rings. The van der Waals surface area contributed by atoms with Gasteiger partial charge < -0.3 is 11.1 Å². The van der Waals surface area contributed by atoms with E-state index in [1.165, 1.54) is 36.8 Å². The number of aromatic nitrogens is 3. The quantitative estimate of drug-likeness (QED) is 0.825. The second-order valence-electron chi connectivity index (χ2n) is 5.37. The molecule has 2 rings (SSSR count). The van der Waals surface area contributed by atoms with Crippen molar-refractivity contribution in [3.8, 4) is 0 Å². The molecule has 0 spiro atoms. The van der Waals surface area contributed by atoms with E-state index in [9.17, 15) is 4.79 Å². The van der Waals surface area contributed by atoms with Gasteiger partial charge in [0.2, 0.25) is 5.91 Å². The van der Waals surface area contributed by atoms with E-state index in [2.05, 4.69) is 22.6 Å². The van der Waals surface area contributed by atoms with E-state index in [0.717, 1.165) is 0 Å². The molecule has 1 aromatic rings. The van der Waals surface area contributed by atoms with Gasteiger partial charge in [-0.1, -0.05) is 24.5 Å². The summed E-state index contributed by atoms with van der Waals surface area (Å²) in [4.78, 5) is 11.9. The zero-order valence-electron chi connectivity index (χ0n) is 11.5. The molecule has 0 aromatic carbocycles. The molecule has 0 aliphatic heterocycles. The molecule has 19 heavy (non-hydrogen) atoms. The van der Waals surface area contributed by atoms with Crippen molar-refractivity contribution in [3.05, 3.63) is 11.9 Å². The number of nitrogens with one attached hydrogen (secondary N) is 1. The highest BCUT2D eigenvalue weighted by Gasteiger charge is 2.21. The average molecular weight is 265 g/mol. The van der Waals surface area contributed by atoms with Crippen molar-refractivity contribution in [2.75, 3.05) is 0 Å². The number of carbonyl (C=O) groups is 1. The van der Waals surface area contributed by atoms with Crippen molar-refractivity contribution in [1.82, 2.24) is 20.3 Å². The summed E-state index contributed by atoms with van der Waals surface area (Å²) < 4.78 is 1.53. The van der Waals surface area contributed by atoms with Crippen molar-refractivity contribution in [3.63, 3.8) is 0 Å². The van der Waals surface area contributed by atoms with Crippen LogP contribution in [0.4, 0.5) is 0 Å². The van der Waals surface area contributed by atoms with Crippen LogP contribution in [0.15, 0.2) is 6.20 Å². The Morgan fingerprint density at radius 2 is 2.26 bits per heavy atom. The lowest BCUT2D eigenvalue weighted by atomic mass is 9.84. The highest BCUT2D eigenvalue weighted by Crippen LogP contribution is 2.26. The van der Waals surface area contributed by atoms with E-state index in [4.69, 9.17) is 5.73 Å². The monoisotopic (exact) mass is 265 g/mol. The summed E-state index contributed by atoms with van der Waals surface area (Å²) in [6.07, 6.45) is 8.06. The summed E-state index contributed by atoms with van der Waals surface area (Å²) in [5.41, 5.74) is 6.16. The molecule has 1 aliphatic rings. The van der Waals surface area contributed by atoms with Gasteiger partial charge in [0.1, 0.15) is 6.54 Å². The molecule has 1 amide bonds. The molecule has 0 unspecified atom stereocenters. The van der Waals surface area contributed by atoms with Gasteiger partial charge in [0.15, 0.2) is 0 Å². The Morgan fingerprint density at radius 1 is 1.53 bits per heavy atom. The zero-order valence-corrected chi connectivity index (χ0v) is 11.5. The molecule has 1 aromatic heterocycles. The fourth-order valence-corrected chi connectivity index (χ4v) is 2.71. The van der Waals surface area contributed by atoms with Crippen molar-refractivity contribution in [2.45, 2.75) is 58.2 Å². The molecule has 6 nitrogen and oxygen atoms in total. The molecule has 6 heteroatoms. The van der Waals surface area contributed by atoms with Crippen LogP contribution >= 0.6 is 0 Å². The standard InChI is InChI=1S/C13H23N5O/c1-10(11-5-3-2-4-6-11)15-13(19)9-18-8-12(7-14)16-17-18/h8,10-11H,2-7,9,14H2,1H3,(H,15,19)/t10-/m0/s1. The Kier molecular flexibility index (Phi) is 4.90. The number of carbonyl (C=O) groups excluding carboxylic acids is 1. The van der Waals surface area contributed by atoms with Crippen LogP contribution in [0.2, 0.25) is 0 Å². The molecule has 0 radical (unpaired) electrons. The number of amides is 1. The first kappa shape index (κ1) is 14.0. The lowest BCUT2D eigenvalue weighted by Gasteiger charge is -2.28. The van der Waals surface area contributed by atoms with Crippen molar-refractivity contribution < 1.29 is 4.79 Å². The minimum absolute atomic E-state index is 0.00783. The predicted octanol–water partition coefficient (Wildman–Crippen LogP) is 0.822. The number of hydrogen-bond donors (Lipinski definition) is 2. The van der Waals surface area contributed by atoms with Gasteiger partial charge in [-0.25, -0.2) is 4.68 Å². The molecular formula is C13H23N5O. The maximum Gasteiger partial charge on any atom is 0.242 e. The number of nitrogens with zero attached hydrogens (tertiary/aromatic N) is 3. The molecule has 1 saturated carbocycles. The Labute approximate surface area is 113 Å². The molecule has 3 N–H and O–H groups in total. The minimum Gasteiger partial charge on any atom is -0.352 e. The zero-order chi connectivity index (χ0) is 13.7. The van der Waals surface area contributed by atoms with Crippen molar-refractivity contribution >= 4 is 5.91 Å². The molecule has 106 valence electrons. The van der Waals surface area contributed by atoms with Crippen LogP contribution in [-0.4, -0.2) is 26.9 Å². The Bertz CT molecular complexity index is 411. The van der Waals surface area contributed by atoms with Crippen molar-refractivity contribution in [2.24, 2.45) is 11.7 Å². The number of hydrogen-bond acceptors (Lipinski definition) is 4. The van der Waals surface area contributed by atoms with E-state index < -0.39 is 0 Å². The first-order valence-electron chi connectivity index (χ1n) is 7.07. The normalized spacial score (nSPS) is 18.2. The van der Waals surface area contributed by atoms with Crippen LogP contribution in [0.3, 0.4) is 0 Å². The third kappa shape index (κ3) is 4.02. The number of nitrogens with two attached hydrogens (primary N) is 1. The van der Waals surface area contributed by atoms with E-state index in [1.54, 1.807) is 6.20 Å². The van der Waals surface area contributed by atoms with E-state index in [1.807, 2.05) is 0 Å². The van der Waals surface area contributed by atoms with Crippen LogP contribution in [0.1, 0.15) is 44.7 Å². The second kappa shape index (κ2) is 6.65. The van der Waals surface area contributed by atoms with Crippen LogP contribution in [-0.2, 0) is 17.9 Å². The van der Waals surface area contributed by atoms with Gasteiger partial charge in [-0.3, -0.25) is 4.79 Å². The molecular weight excluding hydrogens is 242 g/mol. The van der Waals surface area contributed by atoms with E-state index in [-0.39, 0.29) is 18.5 Å². The Balaban J connectivity index is 1.79. The maximum absolute atomic E-state index is 11.9. The predicted molar refractivity (Wildman–Crippen MR) is 72.1 cm³/mol. The first-order valence-corrected chi connectivity index (χ1v) is 7.07. The summed E-state index contributed by atoms with van der Waals surface area (Å²) in [6, 6.07) is 0.241. The van der Waals surface area contributed by atoms with Crippen LogP contribution in [0.5, 0.6) is 0 Å². The molecule has 0 bridgehead atoms. The van der Waals surface area contributed by atoms with Crippen molar-refractivity contribution in [1.29, 1.82) is 0 Å². The van der Waals surface area contributed by atoms with Gasteiger partial charge in [0.05, 0.1) is 11.9 Å². The van der Waals surface area contributed by atoms with E-state index >= 15 is 0 Å². The second-order valence-corrected chi connectivity index (χ2v) is 5.37. The SMILES string of the molecule is C[C@H](NC(=O)Cn1cc(CN)nn1)C1CCCCC1. The van der Waals surface area contributed by atoms with Gasteiger partial charge in [-0.2, -0.15) is 0 Å². The lowest BCUT2D eigenvalue weighted by Crippen LogP contribution is -2.40. The first-order chi connectivity index (χ1) is 9.19. The summed E-state index contributed by atoms with van der Waals surface area (Å²) >= 11 is 0. The van der Waals surface area contributed by atoms with Crippen LogP contribution in [0, 0.1) is 5.92 Å². The lowest BCUT2D eigenvalue weighted by molar-refractivity contribution is -0.122. The van der Waals surface area contributed by atoms with Crippen LogP contribution < -0.4 is 11.1 Å². The largest absolute Gasteiger partial charge is 0.352 e. The average Bonchev–Trinajstić information content (AvgIpc) is 2.87. The fraction of sp³-hybridized carbons (Fsp3) is 0.769. The Hall–Kier alpha value is -1.43. The highest BCUT2D eigenvalue weighted by molar-refractivity contribution is 5.75. The van der Waals surface area contributed by atoms with Gasteiger partial charge in [0, 0.05) is 12.6 Å². The maximum atomic E-state index is 11.9. The van der Waals surface area contributed by atoms with Gasteiger partial charge >= 0.3 is 0 Å². The smallest absolute Gasteiger partial charge is 0.242 e. The third-order valence-corrected chi connectivity index (χ3v) is 3.85. The third-order valence-electron chi connectivity index (χ3n) is 3.85. The van der Waals surface area contributed by atoms with Gasteiger partial charge in [0.25, 0.3) is 0 Å². The molecule has 1 heterocycles. The fourth-order valence-electron chi connectivity index (χ4n) is 2.71. The summed E-state index contributed by atoms with van der Waals surface area (Å²) in [5.74, 6) is 0.611. The van der Waals surface area contributed by atoms with Crippen LogP contribution in [0.25, 0.3) is 0 Å². The van der Waals surface area contributed by atoms with Gasteiger partial charge in [-0.05, 0) is 25.7 Å². The topological polar surface area (TPSA) is 85.8 Å². The summed E-state index contributed by atoms with van der Waals surface area (Å²) in [6.45, 7) is 2.66. The molecule has 1 atom stereocenters. The molecule has 1 aliphatic carbocycles. The summed E-state index contributed by atoms with van der Waals surface area (Å²) in [5, 5.41) is 10.8. The van der Waals surface area contributed by atoms with Gasteiger partial charge in [-0.15, -0.1) is 5.10 Å². The Morgan fingerprint density at radius 3 is 2.89 bits per heavy atom. The van der Waals surface area contributed by atoms with E-state index in [0.29, 0.717) is 18.2 Å². The number of rotatable bonds is 5.